The van der Waals surface area contributed by atoms with Crippen LogP contribution in [0.2, 0.25) is 0 Å². The van der Waals surface area contributed by atoms with Gasteiger partial charge < -0.3 is 15.3 Å². The first-order valence-corrected chi connectivity index (χ1v) is 7.91. The Kier molecular flexibility index (Phi) is 4.20. The highest BCUT2D eigenvalue weighted by Crippen LogP contribution is 2.22. The molecule has 1 atom stereocenters. The number of hydrogen-bond donors (Lipinski definition) is 3. The van der Waals surface area contributed by atoms with Gasteiger partial charge in [-0.25, -0.2) is 4.98 Å². The van der Waals surface area contributed by atoms with Gasteiger partial charge in [0.15, 0.2) is 0 Å². The molecule has 24 heavy (non-hydrogen) atoms. The number of amides is 1. The number of aromatic amines is 2. The smallest absolute Gasteiger partial charge is 0.260 e. The van der Waals surface area contributed by atoms with Crippen LogP contribution in [-0.4, -0.2) is 20.9 Å². The van der Waals surface area contributed by atoms with Crippen LogP contribution in [0.5, 0.6) is 0 Å². The van der Waals surface area contributed by atoms with Gasteiger partial charge in [-0.1, -0.05) is 26.0 Å². The molecule has 2 aromatic heterocycles. The van der Waals surface area contributed by atoms with E-state index in [0.29, 0.717) is 11.5 Å². The van der Waals surface area contributed by atoms with Crippen molar-refractivity contribution in [2.45, 2.75) is 26.8 Å². The topological polar surface area (TPSA) is 90.6 Å². The lowest BCUT2D eigenvalue weighted by molar-refractivity contribution is 0.0922. The first kappa shape index (κ1) is 16.0. The third kappa shape index (κ3) is 3.08. The average Bonchev–Trinajstić information content (AvgIpc) is 2.95. The fourth-order valence-electron chi connectivity index (χ4n) is 2.64. The van der Waals surface area contributed by atoms with Crippen LogP contribution < -0.4 is 10.9 Å². The molecule has 0 fully saturated rings. The summed E-state index contributed by atoms with van der Waals surface area (Å²) in [5, 5.41) is 2.92. The van der Waals surface area contributed by atoms with Crippen LogP contribution >= 0.6 is 0 Å². The zero-order valence-electron chi connectivity index (χ0n) is 13.9. The van der Waals surface area contributed by atoms with Crippen LogP contribution in [0, 0.1) is 12.8 Å². The Hall–Kier alpha value is -2.89. The number of nitrogens with zero attached hydrogens (tertiary/aromatic N) is 1. The number of imidazole rings is 1. The van der Waals surface area contributed by atoms with Crippen molar-refractivity contribution in [3.63, 3.8) is 0 Å². The second-order valence-corrected chi connectivity index (χ2v) is 6.22. The van der Waals surface area contributed by atoms with E-state index in [9.17, 15) is 9.59 Å². The van der Waals surface area contributed by atoms with Crippen molar-refractivity contribution in [3.05, 3.63) is 63.8 Å². The Morgan fingerprint density at radius 2 is 1.88 bits per heavy atom. The van der Waals surface area contributed by atoms with E-state index >= 15 is 0 Å². The van der Waals surface area contributed by atoms with Gasteiger partial charge >= 0.3 is 0 Å². The van der Waals surface area contributed by atoms with E-state index in [1.54, 1.807) is 19.1 Å². The third-order valence-corrected chi connectivity index (χ3v) is 3.96. The molecule has 6 nitrogen and oxygen atoms in total. The van der Waals surface area contributed by atoms with Gasteiger partial charge in [0.25, 0.3) is 11.5 Å². The molecule has 0 spiro atoms. The van der Waals surface area contributed by atoms with Crippen molar-refractivity contribution in [2.24, 2.45) is 5.92 Å². The summed E-state index contributed by atoms with van der Waals surface area (Å²) in [4.78, 5) is 34.9. The van der Waals surface area contributed by atoms with Gasteiger partial charge in [0.2, 0.25) is 0 Å². The molecule has 0 saturated heterocycles. The number of hydrogen-bond acceptors (Lipinski definition) is 3. The van der Waals surface area contributed by atoms with E-state index in [4.69, 9.17) is 0 Å². The monoisotopic (exact) mass is 324 g/mol. The Labute approximate surface area is 139 Å². The lowest BCUT2D eigenvalue weighted by atomic mass is 10.0. The van der Waals surface area contributed by atoms with E-state index in [1.165, 1.54) is 0 Å². The maximum Gasteiger partial charge on any atom is 0.260 e. The number of para-hydroxylation sites is 2. The zero-order valence-corrected chi connectivity index (χ0v) is 13.9. The summed E-state index contributed by atoms with van der Waals surface area (Å²) in [5.41, 5.74) is 2.19. The van der Waals surface area contributed by atoms with Crippen LogP contribution in [0.3, 0.4) is 0 Å². The molecule has 3 aromatic rings. The molecular formula is C18H20N4O2. The van der Waals surface area contributed by atoms with Crippen molar-refractivity contribution < 1.29 is 4.79 Å². The number of pyridine rings is 1. The summed E-state index contributed by atoms with van der Waals surface area (Å²) in [6, 6.07) is 10.6. The fourth-order valence-corrected chi connectivity index (χ4v) is 2.64. The molecule has 3 N–H and O–H groups in total. The SMILES string of the molecule is Cc1ccc(C(=O)N[C@@H](c2nc3ccccc3[nH]2)C(C)C)c(=O)[nH]1. The number of aryl methyl sites for hydroxylation is 1. The minimum absolute atomic E-state index is 0.0994. The van der Waals surface area contributed by atoms with Crippen molar-refractivity contribution >= 4 is 16.9 Å². The lowest BCUT2D eigenvalue weighted by Gasteiger charge is -2.20. The van der Waals surface area contributed by atoms with E-state index < -0.39 is 5.91 Å². The zero-order chi connectivity index (χ0) is 17.3. The number of carbonyl (C=O) groups is 1. The lowest BCUT2D eigenvalue weighted by Crippen LogP contribution is -2.35. The first-order valence-electron chi connectivity index (χ1n) is 7.91. The molecule has 6 heteroatoms. The summed E-state index contributed by atoms with van der Waals surface area (Å²) in [5.74, 6) is 0.387. The predicted octanol–water partition coefficient (Wildman–Crippen LogP) is 2.69. The van der Waals surface area contributed by atoms with Crippen LogP contribution in [0.1, 0.15) is 41.8 Å². The van der Waals surface area contributed by atoms with Crippen LogP contribution in [-0.2, 0) is 0 Å². The van der Waals surface area contributed by atoms with E-state index in [1.807, 2.05) is 38.1 Å². The number of carbonyl (C=O) groups excluding carboxylic acids is 1. The van der Waals surface area contributed by atoms with Crippen LogP contribution in [0.4, 0.5) is 0 Å². The first-order chi connectivity index (χ1) is 11.5. The van der Waals surface area contributed by atoms with E-state index in [0.717, 1.165) is 11.0 Å². The summed E-state index contributed by atoms with van der Waals surface area (Å²) < 4.78 is 0. The second kappa shape index (κ2) is 6.31. The molecule has 1 aromatic carbocycles. The largest absolute Gasteiger partial charge is 0.342 e. The average molecular weight is 324 g/mol. The molecule has 0 radical (unpaired) electrons. The number of aromatic nitrogens is 3. The second-order valence-electron chi connectivity index (χ2n) is 6.22. The van der Waals surface area contributed by atoms with Gasteiger partial charge in [0.05, 0.1) is 17.1 Å². The van der Waals surface area contributed by atoms with Crippen molar-refractivity contribution in [2.75, 3.05) is 0 Å². The Balaban J connectivity index is 1.91. The van der Waals surface area contributed by atoms with Crippen molar-refractivity contribution in [1.82, 2.24) is 20.3 Å². The number of benzene rings is 1. The molecule has 0 aliphatic heterocycles. The Bertz CT molecular complexity index is 906. The van der Waals surface area contributed by atoms with Crippen LogP contribution in [0.15, 0.2) is 41.2 Å². The molecule has 0 unspecified atom stereocenters. The maximum atomic E-state index is 12.5. The minimum Gasteiger partial charge on any atom is -0.342 e. The highest BCUT2D eigenvalue weighted by molar-refractivity contribution is 5.94. The van der Waals surface area contributed by atoms with Gasteiger partial charge in [-0.05, 0) is 37.1 Å². The number of nitrogens with one attached hydrogen (secondary N) is 3. The standard InChI is InChI=1S/C18H20N4O2/c1-10(2)15(16-20-13-6-4-5-7-14(13)21-16)22-18(24)12-9-8-11(3)19-17(12)23/h4-10,15H,1-3H3,(H,19,23)(H,20,21)(H,22,24)/t15-/m1/s1. The number of rotatable bonds is 4. The summed E-state index contributed by atoms with van der Waals surface area (Å²) in [6.45, 7) is 5.77. The Morgan fingerprint density at radius 1 is 1.12 bits per heavy atom. The molecule has 0 aliphatic carbocycles. The van der Waals surface area contributed by atoms with Gasteiger partial charge in [0.1, 0.15) is 11.4 Å². The number of fused-ring (bicyclic) bond motifs is 1. The molecule has 124 valence electrons. The van der Waals surface area contributed by atoms with E-state index in [-0.39, 0.29) is 23.1 Å². The van der Waals surface area contributed by atoms with Crippen molar-refractivity contribution in [3.8, 4) is 0 Å². The summed E-state index contributed by atoms with van der Waals surface area (Å²) in [7, 11) is 0. The summed E-state index contributed by atoms with van der Waals surface area (Å²) >= 11 is 0. The molecule has 0 aliphatic rings. The maximum absolute atomic E-state index is 12.5. The van der Waals surface area contributed by atoms with Gasteiger partial charge in [-0.2, -0.15) is 0 Å². The Morgan fingerprint density at radius 3 is 2.54 bits per heavy atom. The fraction of sp³-hybridized carbons (Fsp3) is 0.278. The summed E-state index contributed by atoms with van der Waals surface area (Å²) in [6.07, 6.45) is 0. The normalized spacial score (nSPS) is 12.5. The minimum atomic E-state index is -0.407. The highest BCUT2D eigenvalue weighted by Gasteiger charge is 2.23. The van der Waals surface area contributed by atoms with Crippen LogP contribution in [0.25, 0.3) is 11.0 Å². The molecular weight excluding hydrogens is 304 g/mol. The molecule has 1 amide bonds. The molecule has 2 heterocycles. The quantitative estimate of drug-likeness (QED) is 0.689. The predicted molar refractivity (Wildman–Crippen MR) is 92.9 cm³/mol. The van der Waals surface area contributed by atoms with Gasteiger partial charge in [0, 0.05) is 5.69 Å². The van der Waals surface area contributed by atoms with Gasteiger partial charge in [-0.3, -0.25) is 9.59 Å². The van der Waals surface area contributed by atoms with Crippen molar-refractivity contribution in [1.29, 1.82) is 0 Å². The number of H-pyrrole nitrogens is 2. The third-order valence-electron chi connectivity index (χ3n) is 3.96. The molecule has 3 rings (SSSR count). The molecule has 0 bridgehead atoms. The highest BCUT2D eigenvalue weighted by atomic mass is 16.2. The van der Waals surface area contributed by atoms with Gasteiger partial charge in [-0.15, -0.1) is 0 Å². The van der Waals surface area contributed by atoms with E-state index in [2.05, 4.69) is 20.3 Å². The molecule has 0 saturated carbocycles.